The third kappa shape index (κ3) is 6.07. The van der Waals surface area contributed by atoms with E-state index in [-0.39, 0.29) is 5.91 Å². The zero-order valence-corrected chi connectivity index (χ0v) is 22.5. The van der Waals surface area contributed by atoms with Crippen LogP contribution >= 0.6 is 0 Å². The number of methoxy groups -OCH3 is 1. The Bertz CT molecular complexity index is 1200. The molecule has 0 spiro atoms. The number of hydrogen-bond donors (Lipinski definition) is 2. The van der Waals surface area contributed by atoms with Crippen LogP contribution in [0.15, 0.2) is 61.1 Å². The van der Waals surface area contributed by atoms with Crippen LogP contribution in [0.1, 0.15) is 42.1 Å². The number of nitrogens with one attached hydrogen (secondary N) is 1. The lowest BCUT2D eigenvalue weighted by molar-refractivity contribution is -0.178. The number of amides is 2. The molecule has 1 aliphatic rings. The van der Waals surface area contributed by atoms with E-state index in [4.69, 9.17) is 15.2 Å². The van der Waals surface area contributed by atoms with E-state index in [0.29, 0.717) is 32.5 Å². The Labute approximate surface area is 224 Å². The van der Waals surface area contributed by atoms with Gasteiger partial charge in [-0.15, -0.1) is 0 Å². The number of imidazole rings is 1. The van der Waals surface area contributed by atoms with E-state index in [9.17, 15) is 9.59 Å². The summed E-state index contributed by atoms with van der Waals surface area (Å²) in [5.74, 6) is -1.19. The van der Waals surface area contributed by atoms with E-state index in [1.165, 1.54) is 0 Å². The molecule has 4 rings (SSSR count). The van der Waals surface area contributed by atoms with Gasteiger partial charge in [-0.2, -0.15) is 0 Å². The van der Waals surface area contributed by atoms with Gasteiger partial charge >= 0.3 is 0 Å². The SMILES string of the molecule is CCCCOC1(c2ccccc2C)CN(C(=O)[C@@H](Cc2ccc(OC)cc2)C(Cc2cnc[nH]2)C(N)=O)C1. The Balaban J connectivity index is 1.60. The molecule has 0 radical (unpaired) electrons. The lowest BCUT2D eigenvalue weighted by atomic mass is 9.78. The number of unbranched alkanes of at least 4 members (excludes halogenated alkanes) is 1. The zero-order valence-electron chi connectivity index (χ0n) is 22.5. The van der Waals surface area contributed by atoms with Crippen LogP contribution in [0.5, 0.6) is 5.75 Å². The molecule has 8 heteroatoms. The van der Waals surface area contributed by atoms with Gasteiger partial charge in [-0.3, -0.25) is 9.59 Å². The third-order valence-electron chi connectivity index (χ3n) is 7.49. The van der Waals surface area contributed by atoms with Crippen LogP contribution in [0.25, 0.3) is 0 Å². The van der Waals surface area contributed by atoms with E-state index in [1.807, 2.05) is 41.3 Å². The van der Waals surface area contributed by atoms with Crippen molar-refractivity contribution in [3.63, 3.8) is 0 Å². The monoisotopic (exact) mass is 518 g/mol. The van der Waals surface area contributed by atoms with Gasteiger partial charge in [0.2, 0.25) is 11.8 Å². The summed E-state index contributed by atoms with van der Waals surface area (Å²) in [6.07, 6.45) is 5.91. The molecular formula is C30H38N4O4. The molecule has 2 heterocycles. The van der Waals surface area contributed by atoms with Gasteiger partial charge in [0.05, 0.1) is 38.4 Å². The second-order valence-corrected chi connectivity index (χ2v) is 10.2. The highest BCUT2D eigenvalue weighted by molar-refractivity contribution is 5.88. The predicted octanol–water partition coefficient (Wildman–Crippen LogP) is 3.78. The molecule has 1 saturated heterocycles. The fraction of sp³-hybridized carbons (Fsp3) is 0.433. The predicted molar refractivity (Wildman–Crippen MR) is 145 cm³/mol. The highest BCUT2D eigenvalue weighted by atomic mass is 16.5. The topological polar surface area (TPSA) is 111 Å². The number of ether oxygens (including phenoxy) is 2. The van der Waals surface area contributed by atoms with Gasteiger partial charge in [0, 0.05) is 24.9 Å². The van der Waals surface area contributed by atoms with Crippen LogP contribution in [0.2, 0.25) is 0 Å². The molecule has 1 unspecified atom stereocenters. The van der Waals surface area contributed by atoms with Crippen molar-refractivity contribution in [2.45, 2.75) is 45.1 Å². The first-order valence-electron chi connectivity index (χ1n) is 13.2. The molecule has 3 N–H and O–H groups in total. The van der Waals surface area contributed by atoms with E-state index >= 15 is 0 Å². The number of carbonyl (C=O) groups is 2. The van der Waals surface area contributed by atoms with Gasteiger partial charge in [-0.25, -0.2) is 4.98 Å². The maximum Gasteiger partial charge on any atom is 0.227 e. The first-order chi connectivity index (χ1) is 18.4. The lowest BCUT2D eigenvalue weighted by Crippen LogP contribution is -2.64. The van der Waals surface area contributed by atoms with Crippen molar-refractivity contribution >= 4 is 11.8 Å². The summed E-state index contributed by atoms with van der Waals surface area (Å²) in [6, 6.07) is 15.8. The number of rotatable bonds is 13. The molecule has 38 heavy (non-hydrogen) atoms. The number of nitrogens with two attached hydrogens (primary N) is 1. The molecule has 1 aliphatic heterocycles. The quantitative estimate of drug-likeness (QED) is 0.335. The van der Waals surface area contributed by atoms with Gasteiger partial charge in [0.25, 0.3) is 0 Å². The number of likely N-dealkylation sites (tertiary alicyclic amines) is 1. The molecule has 3 aromatic rings. The number of primary amides is 1. The average Bonchev–Trinajstić information content (AvgIpc) is 3.41. The Morgan fingerprint density at radius 3 is 2.45 bits per heavy atom. The summed E-state index contributed by atoms with van der Waals surface area (Å²) < 4.78 is 11.7. The smallest absolute Gasteiger partial charge is 0.227 e. The normalized spacial score (nSPS) is 15.9. The molecule has 1 aromatic heterocycles. The van der Waals surface area contributed by atoms with Crippen molar-refractivity contribution in [2.75, 3.05) is 26.8 Å². The highest BCUT2D eigenvalue weighted by Gasteiger charge is 2.50. The van der Waals surface area contributed by atoms with Crippen molar-refractivity contribution in [2.24, 2.45) is 17.6 Å². The fourth-order valence-corrected chi connectivity index (χ4v) is 5.29. The molecule has 2 atom stereocenters. The molecule has 0 saturated carbocycles. The third-order valence-corrected chi connectivity index (χ3v) is 7.49. The van der Waals surface area contributed by atoms with Crippen LogP contribution in [0.3, 0.4) is 0 Å². The average molecular weight is 519 g/mol. The van der Waals surface area contributed by atoms with Crippen LogP contribution < -0.4 is 10.5 Å². The number of nitrogens with zero attached hydrogens (tertiary/aromatic N) is 2. The summed E-state index contributed by atoms with van der Waals surface area (Å²) in [7, 11) is 1.61. The highest BCUT2D eigenvalue weighted by Crippen LogP contribution is 2.39. The summed E-state index contributed by atoms with van der Waals surface area (Å²) in [4.78, 5) is 35.7. The number of H-pyrrole nitrogens is 1. The molecule has 2 amide bonds. The summed E-state index contributed by atoms with van der Waals surface area (Å²) in [6.45, 7) is 5.72. The number of aromatic nitrogens is 2. The number of hydrogen-bond acceptors (Lipinski definition) is 5. The van der Waals surface area contributed by atoms with Crippen LogP contribution in [0.4, 0.5) is 0 Å². The summed E-state index contributed by atoms with van der Waals surface area (Å²) >= 11 is 0. The minimum atomic E-state index is -0.695. The Kier molecular flexibility index (Phi) is 8.84. The van der Waals surface area contributed by atoms with E-state index < -0.39 is 23.3 Å². The van der Waals surface area contributed by atoms with Crippen LogP contribution in [0, 0.1) is 18.8 Å². The lowest BCUT2D eigenvalue weighted by Gasteiger charge is -2.51. The number of carbonyl (C=O) groups excluding carboxylic acids is 2. The van der Waals surface area contributed by atoms with Gasteiger partial charge in [0.1, 0.15) is 11.4 Å². The van der Waals surface area contributed by atoms with Crippen molar-refractivity contribution < 1.29 is 19.1 Å². The Morgan fingerprint density at radius 2 is 1.84 bits per heavy atom. The molecule has 1 fully saturated rings. The first kappa shape index (κ1) is 27.4. The van der Waals surface area contributed by atoms with E-state index in [0.717, 1.165) is 41.0 Å². The molecule has 202 valence electrons. The maximum atomic E-state index is 14.1. The van der Waals surface area contributed by atoms with Gasteiger partial charge in [-0.1, -0.05) is 49.7 Å². The van der Waals surface area contributed by atoms with Gasteiger partial charge in [0.15, 0.2) is 0 Å². The second-order valence-electron chi connectivity index (χ2n) is 10.2. The molecule has 0 aliphatic carbocycles. The summed E-state index contributed by atoms with van der Waals surface area (Å²) in [5, 5.41) is 0. The van der Waals surface area contributed by atoms with Crippen molar-refractivity contribution in [3.05, 3.63) is 83.4 Å². The van der Waals surface area contributed by atoms with Gasteiger partial charge < -0.3 is 25.1 Å². The zero-order chi connectivity index (χ0) is 27.1. The number of aromatic amines is 1. The number of benzene rings is 2. The van der Waals surface area contributed by atoms with E-state index in [2.05, 4.69) is 35.9 Å². The number of aryl methyl sites for hydroxylation is 1. The van der Waals surface area contributed by atoms with Crippen molar-refractivity contribution in [1.29, 1.82) is 0 Å². The Hall–Kier alpha value is -3.65. The molecule has 2 aromatic carbocycles. The molecule has 8 nitrogen and oxygen atoms in total. The van der Waals surface area contributed by atoms with Crippen molar-refractivity contribution in [3.8, 4) is 5.75 Å². The molecular weight excluding hydrogens is 480 g/mol. The first-order valence-corrected chi connectivity index (χ1v) is 13.2. The van der Waals surface area contributed by atoms with Crippen molar-refractivity contribution in [1.82, 2.24) is 14.9 Å². The Morgan fingerprint density at radius 1 is 1.11 bits per heavy atom. The minimum Gasteiger partial charge on any atom is -0.497 e. The standard InChI is InChI=1S/C30H38N4O4/c1-4-5-14-38-30(27-9-7-6-8-21(27)2)18-34(19-30)29(36)26(15-22-10-12-24(37-3)13-11-22)25(28(31)35)16-23-17-32-20-33-23/h6-13,17,20,25-26H,4-5,14-16,18-19H2,1-3H3,(H2,31,35)(H,32,33)/t25?,26-/m0/s1. The van der Waals surface area contributed by atoms with Crippen LogP contribution in [-0.2, 0) is 32.8 Å². The minimum absolute atomic E-state index is 0.0903. The maximum absolute atomic E-state index is 14.1. The largest absolute Gasteiger partial charge is 0.497 e. The van der Waals surface area contributed by atoms with Crippen LogP contribution in [-0.4, -0.2) is 53.5 Å². The summed E-state index contributed by atoms with van der Waals surface area (Å²) in [5.41, 5.74) is 9.31. The second kappa shape index (κ2) is 12.3. The fourth-order valence-electron chi connectivity index (χ4n) is 5.29. The van der Waals surface area contributed by atoms with E-state index in [1.54, 1.807) is 19.6 Å². The molecule has 0 bridgehead atoms. The van der Waals surface area contributed by atoms with Gasteiger partial charge in [-0.05, 0) is 48.6 Å².